The molecule has 0 aromatic heterocycles. The average molecular weight is 305 g/mol. The Balaban J connectivity index is 1.90. The van der Waals surface area contributed by atoms with Gasteiger partial charge >= 0.3 is 6.09 Å². The summed E-state index contributed by atoms with van der Waals surface area (Å²) in [7, 11) is 0. The standard InChI is InChI=1S/C17H27N3O2/c1-17(2,3)22-16(21)19-14-9-10-20(12-14)15(11-18)13-7-5-4-6-8-13/h4-8,14-15H,9-12,18H2,1-3H3,(H,19,21)/t14-,15+/m1/s1. The number of hydrogen-bond acceptors (Lipinski definition) is 4. The largest absolute Gasteiger partial charge is 0.444 e. The summed E-state index contributed by atoms with van der Waals surface area (Å²) in [6.45, 7) is 7.91. The fraction of sp³-hybridized carbons (Fsp3) is 0.588. The summed E-state index contributed by atoms with van der Waals surface area (Å²) >= 11 is 0. The molecule has 22 heavy (non-hydrogen) atoms. The molecule has 0 aliphatic carbocycles. The van der Waals surface area contributed by atoms with Crippen molar-refractivity contribution >= 4 is 6.09 Å². The Morgan fingerprint density at radius 2 is 2.09 bits per heavy atom. The first kappa shape index (κ1) is 16.8. The van der Waals surface area contributed by atoms with Gasteiger partial charge in [0.2, 0.25) is 0 Å². The number of amides is 1. The molecule has 1 aliphatic rings. The number of rotatable bonds is 4. The van der Waals surface area contributed by atoms with Gasteiger partial charge in [-0.2, -0.15) is 0 Å². The molecule has 0 bridgehead atoms. The number of carbonyl (C=O) groups is 1. The molecule has 5 heteroatoms. The molecular weight excluding hydrogens is 278 g/mol. The van der Waals surface area contributed by atoms with Crippen molar-refractivity contribution in [2.24, 2.45) is 5.73 Å². The van der Waals surface area contributed by atoms with Crippen LogP contribution in [0.3, 0.4) is 0 Å². The molecule has 2 rings (SSSR count). The Labute approximate surface area is 132 Å². The van der Waals surface area contributed by atoms with E-state index in [1.54, 1.807) is 0 Å². The first-order valence-electron chi connectivity index (χ1n) is 7.87. The van der Waals surface area contributed by atoms with E-state index in [-0.39, 0.29) is 18.2 Å². The third kappa shape index (κ3) is 4.71. The normalized spacial score (nSPS) is 20.6. The van der Waals surface area contributed by atoms with Crippen LogP contribution in [0.5, 0.6) is 0 Å². The zero-order valence-corrected chi connectivity index (χ0v) is 13.7. The van der Waals surface area contributed by atoms with Crippen molar-refractivity contribution in [2.75, 3.05) is 19.6 Å². The molecule has 1 aromatic rings. The summed E-state index contributed by atoms with van der Waals surface area (Å²) in [5.41, 5.74) is 6.72. The Hall–Kier alpha value is -1.59. The van der Waals surface area contributed by atoms with Gasteiger partial charge in [0.1, 0.15) is 5.60 Å². The van der Waals surface area contributed by atoms with E-state index >= 15 is 0 Å². The van der Waals surface area contributed by atoms with Crippen LogP contribution >= 0.6 is 0 Å². The van der Waals surface area contributed by atoms with Gasteiger partial charge in [-0.1, -0.05) is 30.3 Å². The summed E-state index contributed by atoms with van der Waals surface area (Å²) in [6, 6.07) is 10.6. The van der Waals surface area contributed by atoms with Gasteiger partial charge < -0.3 is 15.8 Å². The quantitative estimate of drug-likeness (QED) is 0.895. The summed E-state index contributed by atoms with van der Waals surface area (Å²) in [6.07, 6.45) is 0.575. The highest BCUT2D eigenvalue weighted by atomic mass is 16.6. The molecule has 122 valence electrons. The highest BCUT2D eigenvalue weighted by Gasteiger charge is 2.30. The second kappa shape index (κ2) is 7.11. The molecule has 0 radical (unpaired) electrons. The van der Waals surface area contributed by atoms with E-state index in [1.165, 1.54) is 5.56 Å². The van der Waals surface area contributed by atoms with E-state index in [2.05, 4.69) is 22.3 Å². The molecule has 0 saturated carbocycles. The molecule has 1 aromatic carbocycles. The van der Waals surface area contributed by atoms with Crippen LogP contribution in [0, 0.1) is 0 Å². The lowest BCUT2D eigenvalue weighted by atomic mass is 10.1. The number of benzene rings is 1. The maximum Gasteiger partial charge on any atom is 0.407 e. The van der Waals surface area contributed by atoms with Gasteiger partial charge in [0, 0.05) is 31.7 Å². The van der Waals surface area contributed by atoms with Gasteiger partial charge in [-0.25, -0.2) is 4.79 Å². The molecule has 1 aliphatic heterocycles. The van der Waals surface area contributed by atoms with Gasteiger partial charge in [-0.05, 0) is 32.8 Å². The molecule has 0 unspecified atom stereocenters. The third-order valence-corrected chi connectivity index (χ3v) is 3.79. The van der Waals surface area contributed by atoms with E-state index < -0.39 is 5.60 Å². The van der Waals surface area contributed by atoms with Gasteiger partial charge in [0.25, 0.3) is 0 Å². The molecule has 2 atom stereocenters. The second-order valence-corrected chi connectivity index (χ2v) is 6.79. The Kier molecular flexibility index (Phi) is 5.42. The predicted octanol–water partition coefficient (Wildman–Crippen LogP) is 2.29. The van der Waals surface area contributed by atoms with Gasteiger partial charge in [0.15, 0.2) is 0 Å². The Bertz CT molecular complexity index is 484. The Morgan fingerprint density at radius 1 is 1.41 bits per heavy atom. The second-order valence-electron chi connectivity index (χ2n) is 6.79. The lowest BCUT2D eigenvalue weighted by Crippen LogP contribution is -2.41. The lowest BCUT2D eigenvalue weighted by Gasteiger charge is -2.27. The van der Waals surface area contributed by atoms with E-state index in [0.29, 0.717) is 6.54 Å². The van der Waals surface area contributed by atoms with Crippen LogP contribution in [-0.4, -0.2) is 42.3 Å². The van der Waals surface area contributed by atoms with Crippen LogP contribution in [0.4, 0.5) is 4.79 Å². The number of likely N-dealkylation sites (tertiary alicyclic amines) is 1. The number of carbonyl (C=O) groups excluding carboxylic acids is 1. The number of nitrogens with zero attached hydrogens (tertiary/aromatic N) is 1. The van der Waals surface area contributed by atoms with Gasteiger partial charge in [-0.3, -0.25) is 4.90 Å². The van der Waals surface area contributed by atoms with E-state index in [0.717, 1.165) is 19.5 Å². The van der Waals surface area contributed by atoms with E-state index in [1.807, 2.05) is 39.0 Å². The van der Waals surface area contributed by atoms with Crippen LogP contribution in [0.2, 0.25) is 0 Å². The van der Waals surface area contributed by atoms with Crippen molar-refractivity contribution in [2.45, 2.75) is 44.9 Å². The fourth-order valence-corrected chi connectivity index (χ4v) is 2.83. The number of ether oxygens (including phenoxy) is 1. The molecule has 1 saturated heterocycles. The average Bonchev–Trinajstić information content (AvgIpc) is 2.87. The van der Waals surface area contributed by atoms with Crippen LogP contribution in [0.1, 0.15) is 38.8 Å². The number of hydrogen-bond donors (Lipinski definition) is 2. The minimum Gasteiger partial charge on any atom is -0.444 e. The molecule has 5 nitrogen and oxygen atoms in total. The predicted molar refractivity (Wildman–Crippen MR) is 87.6 cm³/mol. The van der Waals surface area contributed by atoms with Crippen LogP contribution in [0.25, 0.3) is 0 Å². The SMILES string of the molecule is CC(C)(C)OC(=O)N[C@@H]1CCN([C@@H](CN)c2ccccc2)C1. The zero-order valence-electron chi connectivity index (χ0n) is 13.7. The minimum atomic E-state index is -0.466. The minimum absolute atomic E-state index is 0.118. The van der Waals surface area contributed by atoms with Gasteiger partial charge in [-0.15, -0.1) is 0 Å². The lowest BCUT2D eigenvalue weighted by molar-refractivity contribution is 0.0504. The maximum atomic E-state index is 11.9. The van der Waals surface area contributed by atoms with Crippen LogP contribution in [-0.2, 0) is 4.74 Å². The van der Waals surface area contributed by atoms with Crippen LogP contribution in [0.15, 0.2) is 30.3 Å². The summed E-state index contributed by atoms with van der Waals surface area (Å²) in [5.74, 6) is 0. The zero-order chi connectivity index (χ0) is 16.2. The molecule has 1 fully saturated rings. The maximum absolute atomic E-state index is 11.9. The molecule has 3 N–H and O–H groups in total. The molecule has 1 amide bonds. The number of alkyl carbamates (subject to hydrolysis) is 1. The van der Waals surface area contributed by atoms with Gasteiger partial charge in [0.05, 0.1) is 0 Å². The molecule has 1 heterocycles. The van der Waals surface area contributed by atoms with Crippen molar-refractivity contribution < 1.29 is 9.53 Å². The number of nitrogens with two attached hydrogens (primary N) is 1. The first-order valence-corrected chi connectivity index (χ1v) is 7.87. The monoisotopic (exact) mass is 305 g/mol. The van der Waals surface area contributed by atoms with Crippen LogP contribution < -0.4 is 11.1 Å². The smallest absolute Gasteiger partial charge is 0.407 e. The summed E-state index contributed by atoms with van der Waals surface area (Å²) in [4.78, 5) is 14.2. The summed E-state index contributed by atoms with van der Waals surface area (Å²) in [5, 5.41) is 2.95. The highest BCUT2D eigenvalue weighted by molar-refractivity contribution is 5.68. The third-order valence-electron chi connectivity index (χ3n) is 3.79. The van der Waals surface area contributed by atoms with Crippen molar-refractivity contribution in [3.63, 3.8) is 0 Å². The fourth-order valence-electron chi connectivity index (χ4n) is 2.83. The molecule has 0 spiro atoms. The summed E-state index contributed by atoms with van der Waals surface area (Å²) < 4.78 is 5.31. The van der Waals surface area contributed by atoms with Crippen molar-refractivity contribution in [1.29, 1.82) is 0 Å². The topological polar surface area (TPSA) is 67.6 Å². The Morgan fingerprint density at radius 3 is 2.68 bits per heavy atom. The van der Waals surface area contributed by atoms with E-state index in [4.69, 9.17) is 10.5 Å². The van der Waals surface area contributed by atoms with Crippen molar-refractivity contribution in [3.05, 3.63) is 35.9 Å². The van der Waals surface area contributed by atoms with E-state index in [9.17, 15) is 4.79 Å². The molecular formula is C17H27N3O2. The van der Waals surface area contributed by atoms with Crippen molar-refractivity contribution in [1.82, 2.24) is 10.2 Å². The van der Waals surface area contributed by atoms with Crippen molar-refractivity contribution in [3.8, 4) is 0 Å². The highest BCUT2D eigenvalue weighted by Crippen LogP contribution is 2.24. The number of nitrogens with one attached hydrogen (secondary N) is 1. The first-order chi connectivity index (χ1) is 10.4.